The zero-order chi connectivity index (χ0) is 8.81. The van der Waals surface area contributed by atoms with Crippen molar-refractivity contribution >= 4 is 0 Å². The Kier molecular flexibility index (Phi) is 4.62. The molecule has 0 radical (unpaired) electrons. The quantitative estimate of drug-likeness (QED) is 0.598. The molecule has 1 fully saturated rings. The Morgan fingerprint density at radius 3 is 3.00 bits per heavy atom. The summed E-state index contributed by atoms with van der Waals surface area (Å²) in [6, 6.07) is 0. The summed E-state index contributed by atoms with van der Waals surface area (Å²) in [5.41, 5.74) is 0. The van der Waals surface area contributed by atoms with E-state index in [1.165, 1.54) is 25.9 Å². The molecule has 0 aliphatic carbocycles. The van der Waals surface area contributed by atoms with Gasteiger partial charge in [0, 0.05) is 13.2 Å². The fraction of sp³-hybridized carbons (Fsp3) is 1.00. The second-order valence-electron chi connectivity index (χ2n) is 3.85. The molecule has 1 rings (SSSR count). The molecule has 12 heavy (non-hydrogen) atoms. The molecule has 0 aromatic carbocycles. The number of rotatable bonds is 4. The van der Waals surface area contributed by atoms with Crippen molar-refractivity contribution in [2.45, 2.75) is 26.2 Å². The first-order valence-corrected chi connectivity index (χ1v) is 5.09. The van der Waals surface area contributed by atoms with E-state index < -0.39 is 0 Å². The van der Waals surface area contributed by atoms with Gasteiger partial charge in [-0.2, -0.15) is 0 Å². The first kappa shape index (κ1) is 10.0. The molecule has 1 unspecified atom stereocenters. The van der Waals surface area contributed by atoms with Crippen molar-refractivity contribution < 1.29 is 4.74 Å². The number of hydrogen-bond donors (Lipinski definition) is 0. The number of piperidine rings is 1. The molecule has 0 bridgehead atoms. The molecule has 0 aromatic rings. The lowest BCUT2D eigenvalue weighted by Gasteiger charge is -2.29. The van der Waals surface area contributed by atoms with Crippen LogP contribution in [-0.4, -0.2) is 38.3 Å². The lowest BCUT2D eigenvalue weighted by Crippen LogP contribution is -2.34. The fourth-order valence-electron chi connectivity index (χ4n) is 1.80. The highest BCUT2D eigenvalue weighted by Crippen LogP contribution is 2.14. The lowest BCUT2D eigenvalue weighted by atomic mass is 10.00. The molecule has 0 N–H and O–H groups in total. The normalized spacial score (nSPS) is 26.0. The van der Waals surface area contributed by atoms with Crippen LogP contribution in [-0.2, 0) is 4.74 Å². The molecule has 1 aliphatic heterocycles. The molecule has 1 saturated heterocycles. The topological polar surface area (TPSA) is 12.5 Å². The highest BCUT2D eigenvalue weighted by molar-refractivity contribution is 4.69. The second-order valence-corrected chi connectivity index (χ2v) is 3.85. The van der Waals surface area contributed by atoms with Gasteiger partial charge in [-0.3, -0.25) is 0 Å². The Balaban J connectivity index is 2.06. The summed E-state index contributed by atoms with van der Waals surface area (Å²) < 4.78 is 5.54. The van der Waals surface area contributed by atoms with Gasteiger partial charge in [0.05, 0.1) is 6.61 Å². The molecule has 0 spiro atoms. The van der Waals surface area contributed by atoms with Gasteiger partial charge in [0.25, 0.3) is 0 Å². The summed E-state index contributed by atoms with van der Waals surface area (Å²) >= 11 is 0. The zero-order valence-electron chi connectivity index (χ0n) is 8.38. The number of likely N-dealkylation sites (tertiary alicyclic amines) is 1. The minimum absolute atomic E-state index is 0.787. The van der Waals surface area contributed by atoms with E-state index in [2.05, 4.69) is 18.9 Å². The predicted molar refractivity (Wildman–Crippen MR) is 51.3 cm³/mol. The van der Waals surface area contributed by atoms with Crippen LogP contribution in [0.15, 0.2) is 0 Å². The summed E-state index contributed by atoms with van der Waals surface area (Å²) in [6.45, 7) is 6.55. The first-order valence-electron chi connectivity index (χ1n) is 5.09. The number of hydrogen-bond acceptors (Lipinski definition) is 2. The van der Waals surface area contributed by atoms with Crippen LogP contribution in [0.5, 0.6) is 0 Å². The van der Waals surface area contributed by atoms with Crippen LogP contribution < -0.4 is 0 Å². The molecule has 0 saturated carbocycles. The minimum atomic E-state index is 0.787. The maximum Gasteiger partial charge on any atom is 0.0506 e. The standard InChI is InChI=1S/C10H21NO/c1-3-7-12-9-10-5-4-6-11(2)8-10/h10H,3-9H2,1-2H3. The van der Waals surface area contributed by atoms with E-state index in [1.807, 2.05) is 0 Å². The van der Waals surface area contributed by atoms with Crippen LogP contribution in [0.2, 0.25) is 0 Å². The van der Waals surface area contributed by atoms with Crippen molar-refractivity contribution in [1.82, 2.24) is 4.90 Å². The van der Waals surface area contributed by atoms with E-state index in [1.54, 1.807) is 0 Å². The molecular formula is C10H21NO. The van der Waals surface area contributed by atoms with Gasteiger partial charge in [-0.25, -0.2) is 0 Å². The molecular weight excluding hydrogens is 150 g/mol. The second kappa shape index (κ2) is 5.55. The van der Waals surface area contributed by atoms with E-state index in [4.69, 9.17) is 4.74 Å². The molecule has 72 valence electrons. The Morgan fingerprint density at radius 2 is 2.33 bits per heavy atom. The van der Waals surface area contributed by atoms with Crippen molar-refractivity contribution in [2.24, 2.45) is 5.92 Å². The summed E-state index contributed by atoms with van der Waals surface area (Å²) in [5, 5.41) is 0. The zero-order valence-corrected chi connectivity index (χ0v) is 8.38. The third-order valence-corrected chi connectivity index (χ3v) is 2.42. The summed E-state index contributed by atoms with van der Waals surface area (Å²) in [4.78, 5) is 2.41. The van der Waals surface area contributed by atoms with E-state index in [-0.39, 0.29) is 0 Å². The van der Waals surface area contributed by atoms with E-state index in [0.717, 1.165) is 25.6 Å². The third-order valence-electron chi connectivity index (χ3n) is 2.42. The van der Waals surface area contributed by atoms with Gasteiger partial charge in [0.15, 0.2) is 0 Å². The van der Waals surface area contributed by atoms with Crippen molar-refractivity contribution in [2.75, 3.05) is 33.4 Å². The molecule has 0 amide bonds. The number of ether oxygens (including phenoxy) is 1. The van der Waals surface area contributed by atoms with Crippen LogP contribution >= 0.6 is 0 Å². The van der Waals surface area contributed by atoms with Crippen molar-refractivity contribution in [3.8, 4) is 0 Å². The Morgan fingerprint density at radius 1 is 1.50 bits per heavy atom. The summed E-state index contributed by atoms with van der Waals surface area (Å²) in [6.07, 6.45) is 3.84. The molecule has 1 heterocycles. The fourth-order valence-corrected chi connectivity index (χ4v) is 1.80. The van der Waals surface area contributed by atoms with Gasteiger partial charge in [-0.1, -0.05) is 6.92 Å². The number of nitrogens with zero attached hydrogens (tertiary/aromatic N) is 1. The van der Waals surface area contributed by atoms with Gasteiger partial charge in [0.1, 0.15) is 0 Å². The van der Waals surface area contributed by atoms with E-state index in [9.17, 15) is 0 Å². The van der Waals surface area contributed by atoms with Crippen molar-refractivity contribution in [3.05, 3.63) is 0 Å². The Bertz CT molecular complexity index is 116. The highest BCUT2D eigenvalue weighted by atomic mass is 16.5. The molecule has 1 atom stereocenters. The molecule has 2 heteroatoms. The average Bonchev–Trinajstić information content (AvgIpc) is 2.05. The minimum Gasteiger partial charge on any atom is -0.381 e. The van der Waals surface area contributed by atoms with E-state index in [0.29, 0.717) is 0 Å². The average molecular weight is 171 g/mol. The van der Waals surface area contributed by atoms with Gasteiger partial charge in [0.2, 0.25) is 0 Å². The van der Waals surface area contributed by atoms with Gasteiger partial charge in [-0.15, -0.1) is 0 Å². The molecule has 0 aromatic heterocycles. The monoisotopic (exact) mass is 171 g/mol. The predicted octanol–water partition coefficient (Wildman–Crippen LogP) is 1.75. The molecule has 2 nitrogen and oxygen atoms in total. The van der Waals surface area contributed by atoms with Gasteiger partial charge in [-0.05, 0) is 38.8 Å². The Hall–Kier alpha value is -0.0800. The smallest absolute Gasteiger partial charge is 0.0506 e. The van der Waals surface area contributed by atoms with Crippen LogP contribution in [0.4, 0.5) is 0 Å². The highest BCUT2D eigenvalue weighted by Gasteiger charge is 2.16. The van der Waals surface area contributed by atoms with Gasteiger partial charge >= 0.3 is 0 Å². The SMILES string of the molecule is CCCOCC1CCCN(C)C1. The third kappa shape index (κ3) is 3.55. The Labute approximate surface area is 75.9 Å². The van der Waals surface area contributed by atoms with Crippen LogP contribution in [0.25, 0.3) is 0 Å². The van der Waals surface area contributed by atoms with Crippen LogP contribution in [0.3, 0.4) is 0 Å². The van der Waals surface area contributed by atoms with Crippen molar-refractivity contribution in [3.63, 3.8) is 0 Å². The summed E-state index contributed by atoms with van der Waals surface area (Å²) in [5.74, 6) is 0.787. The largest absolute Gasteiger partial charge is 0.381 e. The lowest BCUT2D eigenvalue weighted by molar-refractivity contribution is 0.0678. The molecule has 1 aliphatic rings. The maximum absolute atomic E-state index is 5.54. The van der Waals surface area contributed by atoms with Crippen molar-refractivity contribution in [1.29, 1.82) is 0 Å². The van der Waals surface area contributed by atoms with Crippen LogP contribution in [0, 0.1) is 5.92 Å². The van der Waals surface area contributed by atoms with Crippen LogP contribution in [0.1, 0.15) is 26.2 Å². The van der Waals surface area contributed by atoms with E-state index >= 15 is 0 Å². The summed E-state index contributed by atoms with van der Waals surface area (Å²) in [7, 11) is 2.20. The first-order chi connectivity index (χ1) is 5.83. The van der Waals surface area contributed by atoms with Gasteiger partial charge < -0.3 is 9.64 Å². The maximum atomic E-state index is 5.54.